The zero-order valence-electron chi connectivity index (χ0n) is 14.6. The molecule has 0 aromatic heterocycles. The average molecular weight is 306 g/mol. The summed E-state index contributed by atoms with van der Waals surface area (Å²) in [5, 5.41) is 10.7. The van der Waals surface area contributed by atoms with Crippen molar-refractivity contribution in [3.63, 3.8) is 0 Å². The third-order valence-corrected chi connectivity index (χ3v) is 4.91. The van der Waals surface area contributed by atoms with Crippen LogP contribution in [0.2, 0.25) is 0 Å². The van der Waals surface area contributed by atoms with Crippen LogP contribution in [0.4, 0.5) is 0 Å². The summed E-state index contributed by atoms with van der Waals surface area (Å²) in [7, 11) is 5.99. The summed E-state index contributed by atoms with van der Waals surface area (Å²) in [4.78, 5) is 4.69. The lowest BCUT2D eigenvalue weighted by atomic mass is 9.96. The number of nitrogens with zero attached hydrogens (tertiary/aromatic N) is 2. The molecular formula is C18H30N2O2. The Morgan fingerprint density at radius 1 is 1.27 bits per heavy atom. The first-order valence-electron chi connectivity index (χ1n) is 8.14. The number of aliphatic hydroxyl groups excluding tert-OH is 1. The number of likely N-dealkylation sites (tertiary alicyclic amines) is 1. The van der Waals surface area contributed by atoms with Gasteiger partial charge in [0.15, 0.2) is 0 Å². The molecule has 1 aliphatic rings. The maximum Gasteiger partial charge on any atom is 0.119 e. The molecule has 1 N–H and O–H groups in total. The summed E-state index contributed by atoms with van der Waals surface area (Å²) in [6.07, 6.45) is 1.91. The van der Waals surface area contributed by atoms with E-state index in [1.807, 2.05) is 26.0 Å². The highest BCUT2D eigenvalue weighted by atomic mass is 16.5. The summed E-state index contributed by atoms with van der Waals surface area (Å²) >= 11 is 0. The number of ether oxygens (including phenoxy) is 1. The third-order valence-electron chi connectivity index (χ3n) is 4.91. The first kappa shape index (κ1) is 17.3. The molecule has 0 aliphatic carbocycles. The molecule has 2 rings (SSSR count). The fraction of sp³-hybridized carbons (Fsp3) is 0.667. The van der Waals surface area contributed by atoms with E-state index >= 15 is 0 Å². The van der Waals surface area contributed by atoms with E-state index in [9.17, 15) is 5.11 Å². The summed E-state index contributed by atoms with van der Waals surface area (Å²) in [6.45, 7) is 7.06. The fourth-order valence-corrected chi connectivity index (χ4v) is 3.53. The van der Waals surface area contributed by atoms with Gasteiger partial charge in [0.25, 0.3) is 0 Å². The highest BCUT2D eigenvalue weighted by Crippen LogP contribution is 2.28. The molecule has 1 aliphatic heterocycles. The van der Waals surface area contributed by atoms with Crippen LogP contribution >= 0.6 is 0 Å². The van der Waals surface area contributed by atoms with Crippen LogP contribution in [0.15, 0.2) is 12.1 Å². The van der Waals surface area contributed by atoms with Gasteiger partial charge >= 0.3 is 0 Å². The number of aliphatic hydroxyl groups is 1. The van der Waals surface area contributed by atoms with Crippen molar-refractivity contribution in [2.45, 2.75) is 38.8 Å². The number of hydrogen-bond acceptors (Lipinski definition) is 4. The Hall–Kier alpha value is -1.10. The molecule has 22 heavy (non-hydrogen) atoms. The molecule has 0 bridgehead atoms. The normalized spacial score (nSPS) is 18.7. The van der Waals surface area contributed by atoms with Crippen molar-refractivity contribution in [3.8, 4) is 5.75 Å². The number of hydrogen-bond donors (Lipinski definition) is 1. The lowest BCUT2D eigenvalue weighted by Gasteiger charge is -2.36. The van der Waals surface area contributed by atoms with Gasteiger partial charge in [-0.15, -0.1) is 0 Å². The maximum atomic E-state index is 10.7. The minimum Gasteiger partial charge on any atom is -0.497 e. The van der Waals surface area contributed by atoms with Gasteiger partial charge in [0.05, 0.1) is 13.2 Å². The number of aryl methyl sites for hydroxylation is 2. The lowest BCUT2D eigenvalue weighted by molar-refractivity contribution is 0.0782. The molecule has 0 spiro atoms. The van der Waals surface area contributed by atoms with Crippen LogP contribution in [0.25, 0.3) is 0 Å². The Morgan fingerprint density at radius 3 is 2.32 bits per heavy atom. The lowest BCUT2D eigenvalue weighted by Crippen LogP contribution is -2.43. The standard InChI is InChI=1S/C18H30N2O2/c1-13-10-16(22-5)11-14(2)18(13)17(21)12-20(4)15-6-8-19(3)9-7-15/h10-11,15,17,21H,6-9,12H2,1-5H3. The number of piperidine rings is 1. The molecule has 1 atom stereocenters. The van der Waals surface area contributed by atoms with E-state index < -0.39 is 6.10 Å². The van der Waals surface area contributed by atoms with Crippen LogP contribution in [0.1, 0.15) is 35.6 Å². The van der Waals surface area contributed by atoms with E-state index in [0.717, 1.165) is 35.5 Å². The van der Waals surface area contributed by atoms with E-state index in [0.29, 0.717) is 12.6 Å². The van der Waals surface area contributed by atoms with Gasteiger partial charge < -0.3 is 19.6 Å². The van der Waals surface area contributed by atoms with Gasteiger partial charge in [0.1, 0.15) is 5.75 Å². The molecule has 4 heteroatoms. The molecule has 1 aromatic rings. The van der Waals surface area contributed by atoms with Crippen molar-refractivity contribution in [1.82, 2.24) is 9.80 Å². The van der Waals surface area contributed by atoms with Crippen molar-refractivity contribution < 1.29 is 9.84 Å². The minimum atomic E-state index is -0.449. The smallest absolute Gasteiger partial charge is 0.119 e. The Morgan fingerprint density at radius 2 is 1.82 bits per heavy atom. The fourth-order valence-electron chi connectivity index (χ4n) is 3.53. The van der Waals surface area contributed by atoms with Gasteiger partial charge in [0, 0.05) is 12.6 Å². The Bertz CT molecular complexity index is 473. The highest BCUT2D eigenvalue weighted by molar-refractivity contribution is 5.42. The second-order valence-electron chi connectivity index (χ2n) is 6.66. The predicted octanol–water partition coefficient (Wildman–Crippen LogP) is 2.37. The first-order chi connectivity index (χ1) is 10.4. The molecule has 1 aromatic carbocycles. The van der Waals surface area contributed by atoms with E-state index in [-0.39, 0.29) is 0 Å². The molecule has 1 heterocycles. The first-order valence-corrected chi connectivity index (χ1v) is 8.14. The minimum absolute atomic E-state index is 0.449. The second-order valence-corrected chi connectivity index (χ2v) is 6.66. The largest absolute Gasteiger partial charge is 0.497 e. The second kappa shape index (κ2) is 7.44. The van der Waals surface area contributed by atoms with Crippen LogP contribution in [-0.2, 0) is 0 Å². The van der Waals surface area contributed by atoms with Crippen LogP contribution in [0, 0.1) is 13.8 Å². The summed E-state index contributed by atoms with van der Waals surface area (Å²) in [5.41, 5.74) is 3.24. The van der Waals surface area contributed by atoms with E-state index in [2.05, 4.69) is 23.9 Å². The van der Waals surface area contributed by atoms with Gasteiger partial charge in [-0.05, 0) is 82.7 Å². The zero-order chi connectivity index (χ0) is 16.3. The van der Waals surface area contributed by atoms with E-state index in [1.54, 1.807) is 7.11 Å². The predicted molar refractivity (Wildman–Crippen MR) is 90.6 cm³/mol. The van der Waals surface area contributed by atoms with Gasteiger partial charge in [-0.2, -0.15) is 0 Å². The van der Waals surface area contributed by atoms with E-state index in [1.165, 1.54) is 12.8 Å². The van der Waals surface area contributed by atoms with Gasteiger partial charge in [-0.1, -0.05) is 0 Å². The number of likely N-dealkylation sites (N-methyl/N-ethyl adjacent to an activating group) is 1. The van der Waals surface area contributed by atoms with Gasteiger partial charge in [-0.3, -0.25) is 0 Å². The van der Waals surface area contributed by atoms with Gasteiger partial charge in [0.2, 0.25) is 0 Å². The molecular weight excluding hydrogens is 276 g/mol. The van der Waals surface area contributed by atoms with Crippen molar-refractivity contribution in [2.75, 3.05) is 40.8 Å². The number of methoxy groups -OCH3 is 1. The Kier molecular flexibility index (Phi) is 5.84. The van der Waals surface area contributed by atoms with Crippen molar-refractivity contribution in [3.05, 3.63) is 28.8 Å². The molecule has 0 amide bonds. The average Bonchev–Trinajstić information content (AvgIpc) is 2.46. The quantitative estimate of drug-likeness (QED) is 0.906. The SMILES string of the molecule is COc1cc(C)c(C(O)CN(C)C2CCN(C)CC2)c(C)c1. The van der Waals surface area contributed by atoms with Crippen LogP contribution in [-0.4, -0.2) is 61.8 Å². The highest BCUT2D eigenvalue weighted by Gasteiger charge is 2.24. The molecule has 1 unspecified atom stereocenters. The van der Waals surface area contributed by atoms with Crippen LogP contribution in [0.5, 0.6) is 5.75 Å². The molecule has 1 fully saturated rings. The van der Waals surface area contributed by atoms with Crippen molar-refractivity contribution in [1.29, 1.82) is 0 Å². The molecule has 124 valence electrons. The number of benzene rings is 1. The number of rotatable bonds is 5. The van der Waals surface area contributed by atoms with Crippen LogP contribution in [0.3, 0.4) is 0 Å². The van der Waals surface area contributed by atoms with Crippen molar-refractivity contribution >= 4 is 0 Å². The molecule has 0 saturated carbocycles. The molecule has 4 nitrogen and oxygen atoms in total. The van der Waals surface area contributed by atoms with Gasteiger partial charge in [-0.25, -0.2) is 0 Å². The van der Waals surface area contributed by atoms with Crippen molar-refractivity contribution in [2.24, 2.45) is 0 Å². The summed E-state index contributed by atoms with van der Waals surface area (Å²) < 4.78 is 5.30. The summed E-state index contributed by atoms with van der Waals surface area (Å²) in [6, 6.07) is 4.58. The monoisotopic (exact) mass is 306 g/mol. The van der Waals surface area contributed by atoms with Crippen LogP contribution < -0.4 is 4.74 Å². The third kappa shape index (κ3) is 4.00. The summed E-state index contributed by atoms with van der Waals surface area (Å²) in [5.74, 6) is 0.856. The Labute approximate surface area is 134 Å². The Balaban J connectivity index is 2.04. The molecule has 1 saturated heterocycles. The topological polar surface area (TPSA) is 35.9 Å². The maximum absolute atomic E-state index is 10.7. The molecule has 0 radical (unpaired) electrons. The van der Waals surface area contributed by atoms with E-state index in [4.69, 9.17) is 4.74 Å². The zero-order valence-corrected chi connectivity index (χ0v) is 14.6.